The summed E-state index contributed by atoms with van der Waals surface area (Å²) in [4.78, 5) is 4.31. The fourth-order valence-corrected chi connectivity index (χ4v) is 2.45. The van der Waals surface area contributed by atoms with E-state index in [2.05, 4.69) is 4.98 Å². The Morgan fingerprint density at radius 3 is 2.18 bits per heavy atom. The van der Waals surface area contributed by atoms with Crippen LogP contribution in [0.15, 0.2) is 42.6 Å². The number of hydrogen-bond donors (Lipinski definition) is 1. The lowest BCUT2D eigenvalue weighted by atomic mass is 9.79. The van der Waals surface area contributed by atoms with Gasteiger partial charge >= 0.3 is 7.12 Å². The summed E-state index contributed by atoms with van der Waals surface area (Å²) in [7, 11) is -0.430. The lowest BCUT2D eigenvalue weighted by Crippen LogP contribution is -2.41. The summed E-state index contributed by atoms with van der Waals surface area (Å²) in [5.41, 5.74) is 8.11. The minimum atomic E-state index is -0.430. The standard InChI is InChI=1S/C17H21BN2O2/c1-16(2)17(3,4)22-18(21-16)13-10-14(15(19)20-11-13)12-8-6-5-7-9-12/h5-11H,1-4H3,(H2,19,20). The quantitative estimate of drug-likeness (QED) is 0.866. The van der Waals surface area contributed by atoms with Crippen LogP contribution in [0, 0.1) is 0 Å². The molecular weight excluding hydrogens is 275 g/mol. The van der Waals surface area contributed by atoms with E-state index in [4.69, 9.17) is 15.0 Å². The number of benzene rings is 1. The Bertz CT molecular complexity index is 670. The van der Waals surface area contributed by atoms with Crippen LogP contribution in [0.5, 0.6) is 0 Å². The molecule has 1 aliphatic heterocycles. The molecule has 0 aliphatic carbocycles. The summed E-state index contributed by atoms with van der Waals surface area (Å²) in [6, 6.07) is 12.0. The average Bonchev–Trinajstić information content (AvgIpc) is 2.69. The second kappa shape index (κ2) is 5.11. The molecule has 2 aromatic rings. The molecule has 3 rings (SSSR count). The number of nitrogen functional groups attached to an aromatic ring is 1. The van der Waals surface area contributed by atoms with Crippen LogP contribution in [0.3, 0.4) is 0 Å². The van der Waals surface area contributed by atoms with Crippen LogP contribution in [-0.4, -0.2) is 23.3 Å². The normalized spacial score (nSPS) is 19.4. The Labute approximate surface area is 131 Å². The minimum absolute atomic E-state index is 0.369. The van der Waals surface area contributed by atoms with Crippen molar-refractivity contribution in [1.82, 2.24) is 4.98 Å². The molecule has 0 unspecified atom stereocenters. The number of anilines is 1. The summed E-state index contributed by atoms with van der Waals surface area (Å²) >= 11 is 0. The first-order valence-corrected chi connectivity index (χ1v) is 7.47. The van der Waals surface area contributed by atoms with Gasteiger partial charge in [-0.25, -0.2) is 4.98 Å². The largest absolute Gasteiger partial charge is 0.496 e. The van der Waals surface area contributed by atoms with Gasteiger partial charge in [0.15, 0.2) is 0 Å². The summed E-state index contributed by atoms with van der Waals surface area (Å²) in [5.74, 6) is 0.506. The van der Waals surface area contributed by atoms with Gasteiger partial charge in [0.1, 0.15) is 5.82 Å². The van der Waals surface area contributed by atoms with Crippen molar-refractivity contribution < 1.29 is 9.31 Å². The second-order valence-corrected chi connectivity index (χ2v) is 6.66. The molecule has 0 amide bonds. The Hall–Kier alpha value is -1.85. The number of pyridine rings is 1. The number of nitrogens with zero attached hydrogens (tertiary/aromatic N) is 1. The van der Waals surface area contributed by atoms with Crippen LogP contribution in [0.2, 0.25) is 0 Å². The van der Waals surface area contributed by atoms with Crippen molar-refractivity contribution in [2.45, 2.75) is 38.9 Å². The molecule has 0 saturated carbocycles. The van der Waals surface area contributed by atoms with Crippen LogP contribution in [-0.2, 0) is 9.31 Å². The van der Waals surface area contributed by atoms with Crippen molar-refractivity contribution in [3.63, 3.8) is 0 Å². The van der Waals surface area contributed by atoms with E-state index in [0.717, 1.165) is 16.6 Å². The third-order valence-corrected chi connectivity index (χ3v) is 4.55. The van der Waals surface area contributed by atoms with Crippen molar-refractivity contribution in [2.75, 3.05) is 5.73 Å². The van der Waals surface area contributed by atoms with Gasteiger partial charge in [0.25, 0.3) is 0 Å². The van der Waals surface area contributed by atoms with E-state index in [1.807, 2.05) is 64.1 Å². The molecule has 0 radical (unpaired) electrons. The maximum atomic E-state index is 6.08. The molecule has 2 heterocycles. The van der Waals surface area contributed by atoms with Gasteiger partial charge in [-0.15, -0.1) is 0 Å². The maximum Gasteiger partial charge on any atom is 0.496 e. The first-order chi connectivity index (χ1) is 10.3. The van der Waals surface area contributed by atoms with Crippen LogP contribution in [0.4, 0.5) is 5.82 Å². The topological polar surface area (TPSA) is 57.4 Å². The Morgan fingerprint density at radius 2 is 1.59 bits per heavy atom. The molecule has 4 nitrogen and oxygen atoms in total. The maximum absolute atomic E-state index is 6.08. The summed E-state index contributed by atoms with van der Waals surface area (Å²) in [6.07, 6.45) is 1.73. The highest BCUT2D eigenvalue weighted by molar-refractivity contribution is 6.62. The van der Waals surface area contributed by atoms with Crippen molar-refractivity contribution in [3.8, 4) is 11.1 Å². The fourth-order valence-electron chi connectivity index (χ4n) is 2.45. The first-order valence-electron chi connectivity index (χ1n) is 7.47. The van der Waals surface area contributed by atoms with E-state index in [9.17, 15) is 0 Å². The molecule has 1 fully saturated rings. The number of hydrogen-bond acceptors (Lipinski definition) is 4. The molecular formula is C17H21BN2O2. The molecule has 0 bridgehead atoms. The molecule has 1 aromatic heterocycles. The SMILES string of the molecule is CC1(C)OB(c2cnc(N)c(-c3ccccc3)c2)OC1(C)C. The Balaban J connectivity index is 1.98. The highest BCUT2D eigenvalue weighted by Gasteiger charge is 2.51. The predicted molar refractivity (Wildman–Crippen MR) is 89.8 cm³/mol. The molecule has 1 aliphatic rings. The Kier molecular flexibility index (Phi) is 3.50. The summed E-state index contributed by atoms with van der Waals surface area (Å²) < 4.78 is 12.2. The van der Waals surface area contributed by atoms with Crippen molar-refractivity contribution in [3.05, 3.63) is 42.6 Å². The van der Waals surface area contributed by atoms with Crippen molar-refractivity contribution >= 4 is 18.4 Å². The van der Waals surface area contributed by atoms with Gasteiger partial charge < -0.3 is 15.0 Å². The van der Waals surface area contributed by atoms with Gasteiger partial charge in [0, 0.05) is 17.2 Å². The van der Waals surface area contributed by atoms with Gasteiger partial charge in [-0.3, -0.25) is 0 Å². The van der Waals surface area contributed by atoms with E-state index in [-0.39, 0.29) is 11.2 Å². The highest BCUT2D eigenvalue weighted by Crippen LogP contribution is 2.36. The smallest absolute Gasteiger partial charge is 0.399 e. The van der Waals surface area contributed by atoms with E-state index >= 15 is 0 Å². The molecule has 22 heavy (non-hydrogen) atoms. The molecule has 2 N–H and O–H groups in total. The molecule has 0 atom stereocenters. The molecule has 0 spiro atoms. The van der Waals surface area contributed by atoms with Gasteiger partial charge in [-0.1, -0.05) is 30.3 Å². The zero-order chi connectivity index (χ0) is 16.0. The van der Waals surface area contributed by atoms with E-state index in [0.29, 0.717) is 5.82 Å². The number of nitrogens with two attached hydrogens (primary N) is 1. The third-order valence-electron chi connectivity index (χ3n) is 4.55. The van der Waals surface area contributed by atoms with Crippen LogP contribution >= 0.6 is 0 Å². The first kappa shape index (κ1) is 15.1. The summed E-state index contributed by atoms with van der Waals surface area (Å²) in [6.45, 7) is 8.15. The molecule has 114 valence electrons. The van der Waals surface area contributed by atoms with Crippen LogP contribution < -0.4 is 11.2 Å². The molecule has 1 saturated heterocycles. The van der Waals surface area contributed by atoms with Gasteiger partial charge in [0.2, 0.25) is 0 Å². The fraction of sp³-hybridized carbons (Fsp3) is 0.353. The van der Waals surface area contributed by atoms with Crippen molar-refractivity contribution in [1.29, 1.82) is 0 Å². The van der Waals surface area contributed by atoms with E-state index in [1.54, 1.807) is 6.20 Å². The van der Waals surface area contributed by atoms with Gasteiger partial charge in [-0.2, -0.15) is 0 Å². The average molecular weight is 296 g/mol. The minimum Gasteiger partial charge on any atom is -0.399 e. The van der Waals surface area contributed by atoms with Crippen LogP contribution in [0.1, 0.15) is 27.7 Å². The lowest BCUT2D eigenvalue weighted by molar-refractivity contribution is 0.00578. The van der Waals surface area contributed by atoms with Gasteiger partial charge in [0.05, 0.1) is 11.2 Å². The Morgan fingerprint density at radius 1 is 1.00 bits per heavy atom. The zero-order valence-electron chi connectivity index (χ0n) is 13.5. The monoisotopic (exact) mass is 296 g/mol. The molecule has 1 aromatic carbocycles. The second-order valence-electron chi connectivity index (χ2n) is 6.66. The van der Waals surface area contributed by atoms with Crippen LogP contribution in [0.25, 0.3) is 11.1 Å². The molecule has 5 heteroatoms. The van der Waals surface area contributed by atoms with E-state index in [1.165, 1.54) is 0 Å². The van der Waals surface area contributed by atoms with E-state index < -0.39 is 7.12 Å². The third kappa shape index (κ3) is 2.51. The van der Waals surface area contributed by atoms with Crippen molar-refractivity contribution in [2.24, 2.45) is 0 Å². The predicted octanol–water partition coefficient (Wildman–Crippen LogP) is 2.63. The highest BCUT2D eigenvalue weighted by atomic mass is 16.7. The number of rotatable bonds is 2. The van der Waals surface area contributed by atoms with Gasteiger partial charge in [-0.05, 0) is 39.3 Å². The zero-order valence-corrected chi connectivity index (χ0v) is 13.5. The summed E-state index contributed by atoms with van der Waals surface area (Å²) in [5, 5.41) is 0. The lowest BCUT2D eigenvalue weighted by Gasteiger charge is -2.32. The number of aromatic nitrogens is 1.